The van der Waals surface area contributed by atoms with Crippen molar-refractivity contribution < 1.29 is 32.2 Å². The number of anilines is 2. The van der Waals surface area contributed by atoms with Gasteiger partial charge in [-0.15, -0.1) is 0 Å². The Morgan fingerprint density at radius 3 is 2.64 bits per heavy atom. The molecule has 2 aromatic rings. The standard InChI is InChI=1S/C30H38F3N5O4/c1-18(39)35-26-5-3-4-12-29(26)16-20(29)7-9-23-22(30(31,32)33)17-34-28(37-23)38-24-8-6-19(15-25(24)41-2)27(40)36-21-10-13-42-14-11-21/h6,8,15,17,20-21,26H,3-5,7,9-14,16H2,1-2H3,(H,35,39)(H,36,40)(H,34,37,38)/t20-,26-,29+/m1/s1. The lowest BCUT2D eigenvalue weighted by molar-refractivity contribution is -0.138. The average Bonchev–Trinajstić information content (AvgIpc) is 3.65. The molecular formula is C30H38F3N5O4. The van der Waals surface area contributed by atoms with E-state index in [1.807, 2.05) is 0 Å². The van der Waals surface area contributed by atoms with E-state index in [-0.39, 0.29) is 53.3 Å². The van der Waals surface area contributed by atoms with Crippen LogP contribution in [0, 0.1) is 11.3 Å². The number of carbonyl (C=O) groups is 2. The fourth-order valence-corrected chi connectivity index (χ4v) is 6.63. The first kappa shape index (κ1) is 30.1. The summed E-state index contributed by atoms with van der Waals surface area (Å²) in [5.41, 5.74) is -0.121. The SMILES string of the molecule is COc1cc(C(=O)NC2CCOCC2)ccc1Nc1ncc(C(F)(F)F)c(CC[C@@H]2C[C@@]23CCCC[C@H]3NC(C)=O)n1. The highest BCUT2D eigenvalue weighted by atomic mass is 19.4. The van der Waals surface area contributed by atoms with Gasteiger partial charge in [-0.3, -0.25) is 9.59 Å². The minimum atomic E-state index is -4.59. The van der Waals surface area contributed by atoms with Crippen LogP contribution in [0.3, 0.4) is 0 Å². The maximum atomic E-state index is 13.9. The maximum absolute atomic E-state index is 13.9. The van der Waals surface area contributed by atoms with Crippen LogP contribution in [0.15, 0.2) is 24.4 Å². The normalized spacial score (nSPS) is 24.2. The molecule has 12 heteroatoms. The number of halogens is 3. The topological polar surface area (TPSA) is 114 Å². The van der Waals surface area contributed by atoms with Crippen LogP contribution in [0.4, 0.5) is 24.8 Å². The summed E-state index contributed by atoms with van der Waals surface area (Å²) in [7, 11) is 1.45. The smallest absolute Gasteiger partial charge is 0.419 e. The van der Waals surface area contributed by atoms with Gasteiger partial charge in [0.1, 0.15) is 5.75 Å². The van der Waals surface area contributed by atoms with Gasteiger partial charge in [0, 0.05) is 44.0 Å². The molecule has 1 aromatic carbocycles. The molecule has 3 N–H and O–H groups in total. The van der Waals surface area contributed by atoms with E-state index >= 15 is 0 Å². The van der Waals surface area contributed by atoms with Gasteiger partial charge < -0.3 is 25.4 Å². The molecule has 228 valence electrons. The van der Waals surface area contributed by atoms with E-state index in [2.05, 4.69) is 25.9 Å². The van der Waals surface area contributed by atoms with Crippen LogP contribution in [0.5, 0.6) is 5.75 Å². The highest BCUT2D eigenvalue weighted by Crippen LogP contribution is 2.63. The quantitative estimate of drug-likeness (QED) is 0.370. The maximum Gasteiger partial charge on any atom is 0.419 e. The average molecular weight is 590 g/mol. The number of methoxy groups -OCH3 is 1. The van der Waals surface area contributed by atoms with Crippen LogP contribution >= 0.6 is 0 Å². The van der Waals surface area contributed by atoms with Crippen LogP contribution in [0.25, 0.3) is 0 Å². The predicted molar refractivity (Wildman–Crippen MR) is 150 cm³/mol. The summed E-state index contributed by atoms with van der Waals surface area (Å²) in [5, 5.41) is 9.05. The molecule has 2 heterocycles. The second kappa shape index (κ2) is 12.4. The molecule has 3 aliphatic rings. The molecule has 0 unspecified atom stereocenters. The van der Waals surface area contributed by atoms with Gasteiger partial charge in [-0.25, -0.2) is 9.97 Å². The molecular weight excluding hydrogens is 551 g/mol. The van der Waals surface area contributed by atoms with Crippen molar-refractivity contribution in [2.24, 2.45) is 11.3 Å². The van der Waals surface area contributed by atoms with Crippen molar-refractivity contribution in [1.29, 1.82) is 0 Å². The van der Waals surface area contributed by atoms with Gasteiger partial charge in [-0.2, -0.15) is 13.2 Å². The fraction of sp³-hybridized carbons (Fsp3) is 0.600. The van der Waals surface area contributed by atoms with E-state index in [1.54, 1.807) is 18.2 Å². The van der Waals surface area contributed by atoms with Crippen molar-refractivity contribution in [3.63, 3.8) is 0 Å². The summed E-state index contributed by atoms with van der Waals surface area (Å²) in [6, 6.07) is 4.93. The Labute approximate surface area is 243 Å². The number of aryl methyl sites for hydroxylation is 1. The van der Waals surface area contributed by atoms with Gasteiger partial charge in [-0.1, -0.05) is 12.8 Å². The summed E-state index contributed by atoms with van der Waals surface area (Å²) in [6.45, 7) is 2.71. The number of amides is 2. The number of alkyl halides is 3. The fourth-order valence-electron chi connectivity index (χ4n) is 6.63. The highest BCUT2D eigenvalue weighted by molar-refractivity contribution is 5.95. The van der Waals surface area contributed by atoms with E-state index in [1.165, 1.54) is 14.0 Å². The van der Waals surface area contributed by atoms with E-state index in [9.17, 15) is 22.8 Å². The van der Waals surface area contributed by atoms with Gasteiger partial charge in [0.2, 0.25) is 11.9 Å². The van der Waals surface area contributed by atoms with Crippen LogP contribution in [0.1, 0.15) is 79.9 Å². The molecule has 0 radical (unpaired) electrons. The van der Waals surface area contributed by atoms with Crippen molar-refractivity contribution in [3.8, 4) is 5.75 Å². The Balaban J connectivity index is 1.29. The first-order chi connectivity index (χ1) is 20.1. The number of hydrogen-bond donors (Lipinski definition) is 3. The van der Waals surface area contributed by atoms with Gasteiger partial charge >= 0.3 is 6.18 Å². The van der Waals surface area contributed by atoms with Gasteiger partial charge in [0.05, 0.1) is 24.1 Å². The molecule has 1 aliphatic heterocycles. The Morgan fingerprint density at radius 1 is 1.14 bits per heavy atom. The molecule has 0 bridgehead atoms. The molecule has 3 fully saturated rings. The molecule has 2 saturated carbocycles. The van der Waals surface area contributed by atoms with Crippen molar-refractivity contribution >= 4 is 23.5 Å². The minimum absolute atomic E-state index is 0.00927. The Bertz CT molecular complexity index is 1300. The van der Waals surface area contributed by atoms with Crippen molar-refractivity contribution in [1.82, 2.24) is 20.6 Å². The third-order valence-electron chi connectivity index (χ3n) is 8.91. The number of ether oxygens (including phenoxy) is 2. The second-order valence-electron chi connectivity index (χ2n) is 11.6. The number of nitrogens with one attached hydrogen (secondary N) is 3. The van der Waals surface area contributed by atoms with Crippen LogP contribution in [0.2, 0.25) is 0 Å². The largest absolute Gasteiger partial charge is 0.495 e. The van der Waals surface area contributed by atoms with E-state index in [4.69, 9.17) is 9.47 Å². The van der Waals surface area contributed by atoms with Gasteiger partial charge in [-0.05, 0) is 74.5 Å². The molecule has 42 heavy (non-hydrogen) atoms. The highest BCUT2D eigenvalue weighted by Gasteiger charge is 2.58. The van der Waals surface area contributed by atoms with E-state index < -0.39 is 11.7 Å². The Kier molecular flexibility index (Phi) is 8.91. The van der Waals surface area contributed by atoms with Crippen LogP contribution < -0.4 is 20.7 Å². The lowest BCUT2D eigenvalue weighted by Gasteiger charge is -2.33. The first-order valence-electron chi connectivity index (χ1n) is 14.6. The second-order valence-corrected chi connectivity index (χ2v) is 11.6. The predicted octanol–water partition coefficient (Wildman–Crippen LogP) is 5.17. The zero-order valence-corrected chi connectivity index (χ0v) is 24.0. The lowest BCUT2D eigenvalue weighted by Crippen LogP contribution is -2.43. The summed E-state index contributed by atoms with van der Waals surface area (Å²) >= 11 is 0. The monoisotopic (exact) mass is 589 g/mol. The minimum Gasteiger partial charge on any atom is -0.495 e. The molecule has 1 saturated heterocycles. The summed E-state index contributed by atoms with van der Waals surface area (Å²) in [4.78, 5) is 32.7. The molecule has 3 atom stereocenters. The Morgan fingerprint density at radius 2 is 1.93 bits per heavy atom. The van der Waals surface area contributed by atoms with Crippen LogP contribution in [-0.2, 0) is 22.1 Å². The molecule has 5 rings (SSSR count). The summed E-state index contributed by atoms with van der Waals surface area (Å²) in [5.74, 6) is 0.274. The number of hydrogen-bond acceptors (Lipinski definition) is 7. The zero-order chi connectivity index (χ0) is 29.9. The number of benzene rings is 1. The summed E-state index contributed by atoms with van der Waals surface area (Å²) in [6.07, 6.45) is 3.32. The Hall–Kier alpha value is -3.41. The lowest BCUT2D eigenvalue weighted by atomic mass is 9.79. The molecule has 1 aromatic heterocycles. The van der Waals surface area contributed by atoms with Gasteiger partial charge in [0.25, 0.3) is 5.91 Å². The van der Waals surface area contributed by atoms with Crippen molar-refractivity contribution in [2.75, 3.05) is 25.6 Å². The third kappa shape index (κ3) is 6.79. The van der Waals surface area contributed by atoms with Crippen LogP contribution in [-0.4, -0.2) is 54.2 Å². The molecule has 2 aliphatic carbocycles. The zero-order valence-electron chi connectivity index (χ0n) is 24.0. The molecule has 1 spiro atoms. The molecule has 2 amide bonds. The summed E-state index contributed by atoms with van der Waals surface area (Å²) < 4.78 is 52.5. The van der Waals surface area contributed by atoms with Gasteiger partial charge in [0.15, 0.2) is 0 Å². The van der Waals surface area contributed by atoms with Crippen molar-refractivity contribution in [2.45, 2.75) is 83.0 Å². The van der Waals surface area contributed by atoms with Crippen molar-refractivity contribution in [3.05, 3.63) is 41.2 Å². The van der Waals surface area contributed by atoms with E-state index in [0.29, 0.717) is 36.6 Å². The first-order valence-corrected chi connectivity index (χ1v) is 14.6. The third-order valence-corrected chi connectivity index (χ3v) is 8.91. The number of nitrogens with zero attached hydrogens (tertiary/aromatic N) is 2. The number of rotatable bonds is 9. The molecule has 9 nitrogen and oxygen atoms in total. The van der Waals surface area contributed by atoms with E-state index in [0.717, 1.165) is 51.1 Å². The number of carbonyl (C=O) groups excluding carboxylic acids is 2. The number of aromatic nitrogens is 2.